The molecule has 0 saturated carbocycles. The minimum Gasteiger partial charge on any atom is -0.0985 e. The summed E-state index contributed by atoms with van der Waals surface area (Å²) in [5.74, 6) is 0. The molecule has 1 rings (SSSR count). The van der Waals surface area contributed by atoms with Crippen molar-refractivity contribution in [3.8, 4) is 0 Å². The second-order valence-electron chi connectivity index (χ2n) is 2.23. The Morgan fingerprint density at radius 2 is 1.45 bits per heavy atom. The summed E-state index contributed by atoms with van der Waals surface area (Å²) < 4.78 is 1.06. The molecule has 0 heterocycles. The van der Waals surface area contributed by atoms with Gasteiger partial charge in [-0.2, -0.15) is 0 Å². The van der Waals surface area contributed by atoms with Crippen LogP contribution in [0.15, 0.2) is 35.8 Å². The van der Waals surface area contributed by atoms with Crippen molar-refractivity contribution in [3.63, 3.8) is 0 Å². The zero-order valence-electron chi connectivity index (χ0n) is 6.18. The maximum absolute atomic E-state index is 3.69. The van der Waals surface area contributed by atoms with Crippen LogP contribution in [-0.2, 0) is 0 Å². The van der Waals surface area contributed by atoms with E-state index in [4.69, 9.17) is 0 Å². The largest absolute Gasteiger partial charge is 0.0985 e. The molecule has 1 aromatic rings. The predicted molar refractivity (Wildman–Crippen MR) is 54.3 cm³/mol. The van der Waals surface area contributed by atoms with Crippen molar-refractivity contribution >= 4 is 28.1 Å². The van der Waals surface area contributed by atoms with E-state index in [0.29, 0.717) is 0 Å². The Morgan fingerprint density at radius 3 is 1.82 bits per heavy atom. The van der Waals surface area contributed by atoms with Crippen LogP contribution in [0.1, 0.15) is 11.1 Å². The zero-order chi connectivity index (χ0) is 8.27. The Hall–Kier alpha value is -0.820. The van der Waals surface area contributed by atoms with Gasteiger partial charge in [0.2, 0.25) is 0 Å². The molecule has 0 aliphatic carbocycles. The van der Waals surface area contributed by atoms with Crippen LogP contribution in [0.4, 0.5) is 0 Å². The molecule has 0 radical (unpaired) electrons. The third kappa shape index (κ3) is 2.05. The van der Waals surface area contributed by atoms with Crippen LogP contribution < -0.4 is 0 Å². The number of benzene rings is 1. The summed E-state index contributed by atoms with van der Waals surface area (Å²) in [4.78, 5) is 0. The van der Waals surface area contributed by atoms with Crippen LogP contribution in [0.5, 0.6) is 0 Å². The van der Waals surface area contributed by atoms with Gasteiger partial charge >= 0.3 is 0 Å². The molecule has 0 bridgehead atoms. The molecular weight excluding hydrogens is 200 g/mol. The SMILES string of the molecule is C=Cc1cc(Br)cc(C=C)c1. The molecule has 0 unspecified atom stereocenters. The van der Waals surface area contributed by atoms with Crippen molar-refractivity contribution in [2.24, 2.45) is 0 Å². The average Bonchev–Trinajstić information content (AvgIpc) is 2.03. The molecule has 11 heavy (non-hydrogen) atoms. The highest BCUT2D eigenvalue weighted by molar-refractivity contribution is 9.10. The lowest BCUT2D eigenvalue weighted by atomic mass is 10.1. The van der Waals surface area contributed by atoms with E-state index in [0.717, 1.165) is 15.6 Å². The summed E-state index contributed by atoms with van der Waals surface area (Å²) in [5.41, 5.74) is 2.21. The van der Waals surface area contributed by atoms with Gasteiger partial charge in [0.1, 0.15) is 0 Å². The van der Waals surface area contributed by atoms with Crippen LogP contribution in [0.25, 0.3) is 12.2 Å². The minimum atomic E-state index is 1.06. The first-order valence-electron chi connectivity index (χ1n) is 3.31. The lowest BCUT2D eigenvalue weighted by molar-refractivity contribution is 1.58. The highest BCUT2D eigenvalue weighted by Crippen LogP contribution is 2.17. The van der Waals surface area contributed by atoms with E-state index in [9.17, 15) is 0 Å². The number of halogens is 1. The monoisotopic (exact) mass is 208 g/mol. The summed E-state index contributed by atoms with van der Waals surface area (Å²) in [5, 5.41) is 0. The molecule has 1 aromatic carbocycles. The van der Waals surface area contributed by atoms with Gasteiger partial charge in [-0.1, -0.05) is 41.2 Å². The maximum Gasteiger partial charge on any atom is 0.0187 e. The molecule has 0 fully saturated rings. The zero-order valence-corrected chi connectivity index (χ0v) is 7.76. The molecule has 0 amide bonds. The smallest absolute Gasteiger partial charge is 0.0187 e. The number of rotatable bonds is 2. The van der Waals surface area contributed by atoms with Gasteiger partial charge in [-0.25, -0.2) is 0 Å². The van der Waals surface area contributed by atoms with Crippen molar-refractivity contribution in [2.45, 2.75) is 0 Å². The summed E-state index contributed by atoms with van der Waals surface area (Å²) in [7, 11) is 0. The molecule has 0 saturated heterocycles. The van der Waals surface area contributed by atoms with Gasteiger partial charge in [-0.05, 0) is 29.3 Å². The van der Waals surface area contributed by atoms with Crippen molar-refractivity contribution in [1.82, 2.24) is 0 Å². The number of hydrogen-bond donors (Lipinski definition) is 0. The normalized spacial score (nSPS) is 9.18. The maximum atomic E-state index is 3.69. The molecule has 0 aromatic heterocycles. The van der Waals surface area contributed by atoms with Gasteiger partial charge in [0.15, 0.2) is 0 Å². The van der Waals surface area contributed by atoms with E-state index in [1.165, 1.54) is 0 Å². The fourth-order valence-electron chi connectivity index (χ4n) is 0.872. The lowest BCUT2D eigenvalue weighted by Crippen LogP contribution is -1.75. The second-order valence-corrected chi connectivity index (χ2v) is 3.14. The van der Waals surface area contributed by atoms with Crippen LogP contribution in [-0.4, -0.2) is 0 Å². The van der Waals surface area contributed by atoms with E-state index < -0.39 is 0 Å². The Morgan fingerprint density at radius 1 is 1.00 bits per heavy atom. The first-order chi connectivity index (χ1) is 5.26. The van der Waals surface area contributed by atoms with E-state index in [1.54, 1.807) is 0 Å². The van der Waals surface area contributed by atoms with Crippen molar-refractivity contribution in [2.75, 3.05) is 0 Å². The topological polar surface area (TPSA) is 0 Å². The Kier molecular flexibility index (Phi) is 2.66. The highest BCUT2D eigenvalue weighted by atomic mass is 79.9. The molecule has 56 valence electrons. The van der Waals surface area contributed by atoms with Crippen molar-refractivity contribution in [1.29, 1.82) is 0 Å². The van der Waals surface area contributed by atoms with E-state index >= 15 is 0 Å². The quantitative estimate of drug-likeness (QED) is 0.695. The van der Waals surface area contributed by atoms with Gasteiger partial charge < -0.3 is 0 Å². The van der Waals surface area contributed by atoms with Gasteiger partial charge in [-0.3, -0.25) is 0 Å². The Labute approximate surface area is 75.4 Å². The minimum absolute atomic E-state index is 1.06. The molecule has 0 aliphatic rings. The number of hydrogen-bond acceptors (Lipinski definition) is 0. The van der Waals surface area contributed by atoms with Crippen LogP contribution in [0, 0.1) is 0 Å². The van der Waals surface area contributed by atoms with Crippen LogP contribution in [0.3, 0.4) is 0 Å². The molecule has 0 spiro atoms. The predicted octanol–water partition coefficient (Wildman–Crippen LogP) is 3.74. The third-order valence-electron chi connectivity index (χ3n) is 1.41. The first-order valence-corrected chi connectivity index (χ1v) is 4.11. The summed E-state index contributed by atoms with van der Waals surface area (Å²) >= 11 is 3.40. The van der Waals surface area contributed by atoms with Crippen LogP contribution in [0.2, 0.25) is 0 Å². The fourth-order valence-corrected chi connectivity index (χ4v) is 1.40. The van der Waals surface area contributed by atoms with Crippen molar-refractivity contribution < 1.29 is 0 Å². The lowest BCUT2D eigenvalue weighted by Gasteiger charge is -1.97. The second kappa shape index (κ2) is 3.54. The fraction of sp³-hybridized carbons (Fsp3) is 0. The molecular formula is C10H9Br. The Bertz CT molecular complexity index is 261. The van der Waals surface area contributed by atoms with E-state index in [2.05, 4.69) is 29.1 Å². The summed E-state index contributed by atoms with van der Waals surface area (Å²) in [6.07, 6.45) is 3.63. The average molecular weight is 209 g/mol. The van der Waals surface area contributed by atoms with E-state index in [-0.39, 0.29) is 0 Å². The van der Waals surface area contributed by atoms with Gasteiger partial charge in [0.25, 0.3) is 0 Å². The van der Waals surface area contributed by atoms with E-state index in [1.807, 2.05) is 30.4 Å². The Balaban J connectivity index is 3.21. The van der Waals surface area contributed by atoms with Gasteiger partial charge in [0, 0.05) is 4.47 Å². The molecule has 0 nitrogen and oxygen atoms in total. The first kappa shape index (κ1) is 8.28. The van der Waals surface area contributed by atoms with Crippen molar-refractivity contribution in [3.05, 3.63) is 47.0 Å². The van der Waals surface area contributed by atoms with Crippen LogP contribution >= 0.6 is 15.9 Å². The highest BCUT2D eigenvalue weighted by Gasteiger charge is 1.92. The molecule has 1 heteroatoms. The van der Waals surface area contributed by atoms with Gasteiger partial charge in [-0.15, -0.1) is 0 Å². The third-order valence-corrected chi connectivity index (χ3v) is 1.87. The van der Waals surface area contributed by atoms with Gasteiger partial charge in [0.05, 0.1) is 0 Å². The standard InChI is InChI=1S/C10H9Br/c1-3-8-5-9(4-2)7-10(11)6-8/h3-7H,1-2H2. The molecule has 0 atom stereocenters. The summed E-state index contributed by atoms with van der Waals surface area (Å²) in [6, 6.07) is 6.06. The molecule has 0 N–H and O–H groups in total. The summed E-state index contributed by atoms with van der Waals surface area (Å²) in [6.45, 7) is 7.38. The molecule has 0 aliphatic heterocycles.